The minimum atomic E-state index is -5.07. The molecule has 2 unspecified atom stereocenters. The summed E-state index contributed by atoms with van der Waals surface area (Å²) in [6.07, 6.45) is -3.45. The van der Waals surface area contributed by atoms with Crippen molar-refractivity contribution < 1.29 is 32.5 Å². The molecule has 2 N–H and O–H groups in total. The van der Waals surface area contributed by atoms with Crippen molar-refractivity contribution >= 4 is 11.6 Å². The van der Waals surface area contributed by atoms with Crippen LogP contribution in [-0.4, -0.2) is 58.1 Å². The molecule has 0 radical (unpaired) electrons. The van der Waals surface area contributed by atoms with Gasteiger partial charge in [0.15, 0.2) is 11.5 Å². The number of nitrogens with zero attached hydrogens (tertiary/aromatic N) is 3. The lowest BCUT2D eigenvalue weighted by atomic mass is 9.80. The number of fused-ring (bicyclic) bond motifs is 1. The van der Waals surface area contributed by atoms with Gasteiger partial charge in [-0.05, 0) is 43.5 Å². The van der Waals surface area contributed by atoms with E-state index in [1.807, 2.05) is 0 Å². The van der Waals surface area contributed by atoms with Gasteiger partial charge in [-0.3, -0.25) is 9.89 Å². The normalized spacial score (nSPS) is 23.4. The number of alkyl halides is 3. The Hall–Kier alpha value is -3.08. The SMILES string of the molecule is COc1ccc(-c2cc(C(=O)N3N=C4CCCCC4C3(O)C(F)(F)F)[nH]n2)cc1OC. The van der Waals surface area contributed by atoms with Crippen molar-refractivity contribution in [1.29, 1.82) is 0 Å². The first-order valence-corrected chi connectivity index (χ1v) is 9.69. The number of hydrogen-bond donors (Lipinski definition) is 2. The number of methoxy groups -OCH3 is 2. The lowest BCUT2D eigenvalue weighted by Crippen LogP contribution is -2.61. The van der Waals surface area contributed by atoms with E-state index in [2.05, 4.69) is 15.3 Å². The third kappa shape index (κ3) is 3.32. The number of ether oxygens (including phenoxy) is 2. The van der Waals surface area contributed by atoms with E-state index in [-0.39, 0.29) is 22.8 Å². The fourth-order valence-electron chi connectivity index (χ4n) is 4.11. The molecule has 166 valence electrons. The van der Waals surface area contributed by atoms with Crippen LogP contribution in [0.4, 0.5) is 13.2 Å². The highest BCUT2D eigenvalue weighted by Gasteiger charge is 2.68. The molecule has 1 aliphatic carbocycles. The molecule has 2 atom stereocenters. The average molecular weight is 438 g/mol. The molecule has 2 aliphatic rings. The van der Waals surface area contributed by atoms with Gasteiger partial charge in [-0.2, -0.15) is 28.4 Å². The summed E-state index contributed by atoms with van der Waals surface area (Å²) in [5.41, 5.74) is -2.55. The predicted molar refractivity (Wildman–Crippen MR) is 104 cm³/mol. The molecule has 1 fully saturated rings. The molecular weight excluding hydrogens is 417 g/mol. The number of aromatic nitrogens is 2. The average Bonchev–Trinajstić information content (AvgIpc) is 3.37. The van der Waals surface area contributed by atoms with E-state index in [0.29, 0.717) is 42.0 Å². The maximum absolute atomic E-state index is 13.9. The van der Waals surface area contributed by atoms with Crippen molar-refractivity contribution in [1.82, 2.24) is 15.2 Å². The third-order valence-corrected chi connectivity index (χ3v) is 5.71. The van der Waals surface area contributed by atoms with E-state index >= 15 is 0 Å². The van der Waals surface area contributed by atoms with E-state index in [9.17, 15) is 23.1 Å². The maximum atomic E-state index is 13.9. The number of nitrogens with one attached hydrogen (secondary N) is 1. The first-order valence-electron chi connectivity index (χ1n) is 9.69. The second kappa shape index (κ2) is 7.56. The van der Waals surface area contributed by atoms with E-state index in [0.717, 1.165) is 0 Å². The standard InChI is InChI=1S/C20H21F3N4O4/c1-30-16-8-7-11(9-17(16)31-2)14-10-15(25-24-14)18(28)27-19(29,20(21,22)23)12-5-3-4-6-13(12)26-27/h7-10,12,29H,3-6H2,1-2H3,(H,24,25). The monoisotopic (exact) mass is 438 g/mol. The summed E-state index contributed by atoms with van der Waals surface area (Å²) in [5, 5.41) is 21.2. The van der Waals surface area contributed by atoms with Crippen LogP contribution in [0.25, 0.3) is 11.3 Å². The van der Waals surface area contributed by atoms with Crippen molar-refractivity contribution in [2.75, 3.05) is 14.2 Å². The summed E-state index contributed by atoms with van der Waals surface area (Å²) < 4.78 is 52.1. The number of rotatable bonds is 4. The number of aromatic amines is 1. The smallest absolute Gasteiger partial charge is 0.439 e. The largest absolute Gasteiger partial charge is 0.493 e. The maximum Gasteiger partial charge on any atom is 0.439 e. The van der Waals surface area contributed by atoms with Crippen LogP contribution in [0.15, 0.2) is 29.4 Å². The Morgan fingerprint density at radius 2 is 1.97 bits per heavy atom. The van der Waals surface area contributed by atoms with Crippen LogP contribution in [0.5, 0.6) is 11.5 Å². The number of carbonyl (C=O) groups is 1. The van der Waals surface area contributed by atoms with Crippen LogP contribution < -0.4 is 9.47 Å². The second-order valence-electron chi connectivity index (χ2n) is 7.47. The van der Waals surface area contributed by atoms with Gasteiger partial charge >= 0.3 is 6.18 Å². The topological polar surface area (TPSA) is 100 Å². The van der Waals surface area contributed by atoms with E-state index in [1.54, 1.807) is 18.2 Å². The summed E-state index contributed by atoms with van der Waals surface area (Å²) in [6.45, 7) is 0. The molecule has 1 aromatic heterocycles. The summed E-state index contributed by atoms with van der Waals surface area (Å²) in [5.74, 6) is -1.46. The Balaban J connectivity index is 1.67. The molecule has 0 bridgehead atoms. The van der Waals surface area contributed by atoms with Crippen LogP contribution in [0.1, 0.15) is 36.2 Å². The molecule has 0 saturated heterocycles. The first-order chi connectivity index (χ1) is 14.7. The zero-order valence-electron chi connectivity index (χ0n) is 16.9. The predicted octanol–water partition coefficient (Wildman–Crippen LogP) is 3.35. The first kappa shape index (κ1) is 21.2. The highest BCUT2D eigenvalue weighted by molar-refractivity contribution is 5.99. The molecule has 1 saturated carbocycles. The Morgan fingerprint density at radius 1 is 1.23 bits per heavy atom. The van der Waals surface area contributed by atoms with Crippen molar-refractivity contribution in [3.05, 3.63) is 30.0 Å². The summed E-state index contributed by atoms with van der Waals surface area (Å²) in [4.78, 5) is 13.0. The highest BCUT2D eigenvalue weighted by atomic mass is 19.4. The lowest BCUT2D eigenvalue weighted by Gasteiger charge is -2.37. The molecule has 8 nitrogen and oxygen atoms in total. The van der Waals surface area contributed by atoms with Crippen LogP contribution in [0.3, 0.4) is 0 Å². The number of carbonyl (C=O) groups excluding carboxylic acids is 1. The van der Waals surface area contributed by atoms with Gasteiger partial charge in [0, 0.05) is 11.3 Å². The molecule has 31 heavy (non-hydrogen) atoms. The second-order valence-corrected chi connectivity index (χ2v) is 7.47. The number of halogens is 3. The van der Waals surface area contributed by atoms with Crippen LogP contribution >= 0.6 is 0 Å². The third-order valence-electron chi connectivity index (χ3n) is 5.71. The number of aliphatic hydroxyl groups is 1. The van der Waals surface area contributed by atoms with Crippen molar-refractivity contribution in [2.45, 2.75) is 37.6 Å². The molecule has 2 heterocycles. The number of benzene rings is 1. The Bertz CT molecular complexity index is 1040. The Morgan fingerprint density at radius 3 is 2.65 bits per heavy atom. The quantitative estimate of drug-likeness (QED) is 0.763. The van der Waals surface area contributed by atoms with Gasteiger partial charge in [0.1, 0.15) is 5.69 Å². The van der Waals surface area contributed by atoms with E-state index in [1.165, 1.54) is 20.3 Å². The molecule has 0 spiro atoms. The molecule has 1 aliphatic heterocycles. The summed E-state index contributed by atoms with van der Waals surface area (Å²) in [7, 11) is 2.95. The molecule has 1 amide bonds. The van der Waals surface area contributed by atoms with Gasteiger partial charge in [-0.15, -0.1) is 0 Å². The molecule has 11 heteroatoms. The lowest BCUT2D eigenvalue weighted by molar-refractivity contribution is -0.312. The van der Waals surface area contributed by atoms with Gasteiger partial charge in [0.05, 0.1) is 25.8 Å². The Kier molecular flexibility index (Phi) is 5.16. The van der Waals surface area contributed by atoms with Crippen molar-refractivity contribution in [3.8, 4) is 22.8 Å². The number of hydrogen-bond acceptors (Lipinski definition) is 6. The zero-order chi connectivity index (χ0) is 22.4. The van der Waals surface area contributed by atoms with Crippen LogP contribution in [0, 0.1) is 5.92 Å². The number of amides is 1. The summed E-state index contributed by atoms with van der Waals surface area (Å²) >= 11 is 0. The molecule has 2 aromatic rings. The van der Waals surface area contributed by atoms with Gasteiger partial charge in [0.25, 0.3) is 11.6 Å². The number of hydrazone groups is 1. The van der Waals surface area contributed by atoms with Crippen molar-refractivity contribution in [2.24, 2.45) is 11.0 Å². The van der Waals surface area contributed by atoms with Gasteiger partial charge in [-0.25, -0.2) is 0 Å². The molecular formula is C20H21F3N4O4. The highest BCUT2D eigenvalue weighted by Crippen LogP contribution is 2.48. The van der Waals surface area contributed by atoms with Gasteiger partial charge in [-0.1, -0.05) is 6.42 Å². The summed E-state index contributed by atoms with van der Waals surface area (Å²) in [6, 6.07) is 6.24. The Labute approximate surface area is 175 Å². The fourth-order valence-corrected chi connectivity index (χ4v) is 4.11. The molecule has 1 aromatic carbocycles. The minimum absolute atomic E-state index is 0.110. The van der Waals surface area contributed by atoms with Crippen LogP contribution in [0.2, 0.25) is 0 Å². The fraction of sp³-hybridized carbons (Fsp3) is 0.450. The minimum Gasteiger partial charge on any atom is -0.493 e. The number of H-pyrrole nitrogens is 1. The van der Waals surface area contributed by atoms with Gasteiger partial charge < -0.3 is 14.6 Å². The van der Waals surface area contributed by atoms with Crippen molar-refractivity contribution in [3.63, 3.8) is 0 Å². The van der Waals surface area contributed by atoms with Crippen LogP contribution in [-0.2, 0) is 0 Å². The van der Waals surface area contributed by atoms with E-state index < -0.39 is 23.7 Å². The van der Waals surface area contributed by atoms with E-state index in [4.69, 9.17) is 9.47 Å². The van der Waals surface area contributed by atoms with Gasteiger partial charge in [0.2, 0.25) is 0 Å². The zero-order valence-corrected chi connectivity index (χ0v) is 16.9. The molecule has 4 rings (SSSR count).